The zero-order valence-corrected chi connectivity index (χ0v) is 16.3. The monoisotopic (exact) mass is 362 g/mol. The van der Waals surface area contributed by atoms with Crippen LogP contribution in [0.25, 0.3) is 0 Å². The Kier molecular flexibility index (Phi) is 9.03. The van der Waals surface area contributed by atoms with Crippen molar-refractivity contribution < 1.29 is 23.9 Å². The lowest BCUT2D eigenvalue weighted by atomic mass is 9.76. The summed E-state index contributed by atoms with van der Waals surface area (Å²) in [5, 5.41) is 0. The van der Waals surface area contributed by atoms with Gasteiger partial charge in [0.15, 0.2) is 0 Å². The molecule has 1 heterocycles. The van der Waals surface area contributed by atoms with Crippen molar-refractivity contribution in [3.63, 3.8) is 0 Å². The van der Waals surface area contributed by atoms with Crippen LogP contribution in [0.3, 0.4) is 0 Å². The third-order valence-corrected chi connectivity index (χ3v) is 4.50. The molecule has 0 saturated carbocycles. The Morgan fingerprint density at radius 3 is 2.54 bits per heavy atom. The Labute approximate surface area is 156 Å². The van der Waals surface area contributed by atoms with Crippen molar-refractivity contribution in [1.29, 1.82) is 0 Å². The van der Waals surface area contributed by atoms with Crippen molar-refractivity contribution >= 4 is 17.7 Å². The second kappa shape index (κ2) is 10.7. The van der Waals surface area contributed by atoms with Crippen LogP contribution in [0.4, 0.5) is 0 Å². The second-order valence-corrected chi connectivity index (χ2v) is 6.98. The first-order chi connectivity index (χ1) is 12.3. The van der Waals surface area contributed by atoms with Crippen LogP contribution in [0.15, 0.2) is 35.5 Å². The van der Waals surface area contributed by atoms with Gasteiger partial charge >= 0.3 is 11.9 Å². The number of hydrogen-bond donors (Lipinski definition) is 0. The van der Waals surface area contributed by atoms with Crippen LogP contribution in [0.5, 0.6) is 0 Å². The fourth-order valence-electron chi connectivity index (χ4n) is 3.07. The molecule has 0 amide bonds. The molecule has 0 unspecified atom stereocenters. The van der Waals surface area contributed by atoms with Crippen molar-refractivity contribution in [2.24, 2.45) is 11.8 Å². The molecule has 1 rings (SSSR count). The highest BCUT2D eigenvalue weighted by atomic mass is 16.5. The summed E-state index contributed by atoms with van der Waals surface area (Å²) < 4.78 is 10.2. The van der Waals surface area contributed by atoms with Gasteiger partial charge in [-0.25, -0.2) is 0 Å². The van der Waals surface area contributed by atoms with Gasteiger partial charge < -0.3 is 14.3 Å². The third-order valence-electron chi connectivity index (χ3n) is 4.50. The van der Waals surface area contributed by atoms with Crippen LogP contribution >= 0.6 is 0 Å². The van der Waals surface area contributed by atoms with Gasteiger partial charge in [0.25, 0.3) is 0 Å². The summed E-state index contributed by atoms with van der Waals surface area (Å²) in [6.07, 6.45) is 6.57. The van der Waals surface area contributed by atoms with Crippen molar-refractivity contribution in [2.45, 2.75) is 52.9 Å². The number of hydrogen-bond acceptors (Lipinski definition) is 5. The Morgan fingerprint density at radius 2 is 1.96 bits per heavy atom. The number of rotatable bonds is 9. The van der Waals surface area contributed by atoms with Gasteiger partial charge in [-0.2, -0.15) is 0 Å². The Balaban J connectivity index is 3.01. The first-order valence-electron chi connectivity index (χ1n) is 8.99. The van der Waals surface area contributed by atoms with E-state index < -0.39 is 5.92 Å². The molecule has 0 aliphatic carbocycles. The summed E-state index contributed by atoms with van der Waals surface area (Å²) >= 11 is 0. The Hall–Kier alpha value is -2.17. The number of methoxy groups -OCH3 is 1. The summed E-state index contributed by atoms with van der Waals surface area (Å²) in [6, 6.07) is 0. The molecule has 0 aromatic rings. The maximum atomic E-state index is 12.4. The Bertz CT molecular complexity index is 608. The number of carbonyl (C=O) groups excluding carboxylic acids is 3. The van der Waals surface area contributed by atoms with E-state index in [0.29, 0.717) is 24.8 Å². The van der Waals surface area contributed by atoms with Gasteiger partial charge in [0.05, 0.1) is 19.4 Å². The molecule has 1 saturated heterocycles. The van der Waals surface area contributed by atoms with Gasteiger partial charge in [-0.05, 0) is 45.6 Å². The lowest BCUT2D eigenvalue weighted by molar-refractivity contribution is -0.152. The molecular formula is C21H30O5. The molecule has 5 nitrogen and oxygen atoms in total. The quantitative estimate of drug-likeness (QED) is 0.459. The van der Waals surface area contributed by atoms with Crippen LogP contribution < -0.4 is 0 Å². The fraction of sp³-hybridized carbons (Fsp3) is 0.571. The summed E-state index contributed by atoms with van der Waals surface area (Å²) in [5.41, 5.74) is 2.83. The molecule has 1 fully saturated rings. The van der Waals surface area contributed by atoms with E-state index in [1.165, 1.54) is 12.7 Å². The van der Waals surface area contributed by atoms with Crippen LogP contribution in [-0.4, -0.2) is 31.4 Å². The minimum absolute atomic E-state index is 0.109. The van der Waals surface area contributed by atoms with E-state index in [9.17, 15) is 14.4 Å². The van der Waals surface area contributed by atoms with Crippen LogP contribution in [0.2, 0.25) is 0 Å². The minimum Gasteiger partial charge on any atom is -0.469 e. The summed E-state index contributed by atoms with van der Waals surface area (Å²) in [6.45, 7) is 9.82. The van der Waals surface area contributed by atoms with Gasteiger partial charge in [-0.3, -0.25) is 9.59 Å². The first-order valence-corrected chi connectivity index (χ1v) is 8.99. The molecule has 1 aliphatic heterocycles. The highest BCUT2D eigenvalue weighted by Gasteiger charge is 2.39. The maximum absolute atomic E-state index is 12.4. The minimum atomic E-state index is -0.576. The standard InChI is InChI=1S/C21H30O5/c1-14(2)8-6-11-17-13-26-21(24)20(18(17)12-19(23)25-5)15(3)9-7-10-16(4)22/h8,11,18,20H,3,6-7,9-10,12-13H2,1-2,4-5H3/t18-,20-/m0/s1. The molecule has 1 aliphatic rings. The Morgan fingerprint density at radius 1 is 1.27 bits per heavy atom. The van der Waals surface area contributed by atoms with E-state index in [0.717, 1.165) is 12.0 Å². The van der Waals surface area contributed by atoms with Gasteiger partial charge in [0.1, 0.15) is 12.4 Å². The summed E-state index contributed by atoms with van der Waals surface area (Å²) in [5.74, 6) is -1.49. The molecule has 0 radical (unpaired) electrons. The van der Waals surface area contributed by atoms with Gasteiger partial charge in [0.2, 0.25) is 0 Å². The number of esters is 2. The summed E-state index contributed by atoms with van der Waals surface area (Å²) in [4.78, 5) is 35.4. The van der Waals surface area contributed by atoms with E-state index in [4.69, 9.17) is 9.47 Å². The maximum Gasteiger partial charge on any atom is 0.314 e. The number of cyclic esters (lactones) is 1. The predicted molar refractivity (Wildman–Crippen MR) is 100 cm³/mol. The van der Waals surface area contributed by atoms with Crippen LogP contribution in [0.1, 0.15) is 52.9 Å². The lowest BCUT2D eigenvalue weighted by Crippen LogP contribution is -2.37. The summed E-state index contributed by atoms with van der Waals surface area (Å²) in [7, 11) is 1.34. The molecule has 26 heavy (non-hydrogen) atoms. The number of ether oxygens (including phenoxy) is 2. The highest BCUT2D eigenvalue weighted by Crippen LogP contribution is 2.37. The SMILES string of the molecule is C=C(CCCC(C)=O)[C@@H]1C(=O)OCC(=CCC=C(C)C)[C@@H]1CC(=O)OC. The van der Waals surface area contributed by atoms with Crippen molar-refractivity contribution in [3.05, 3.63) is 35.5 Å². The topological polar surface area (TPSA) is 69.7 Å². The number of carbonyl (C=O) groups is 3. The number of ketones is 1. The molecule has 0 N–H and O–H groups in total. The van der Waals surface area contributed by atoms with Gasteiger partial charge in [-0.1, -0.05) is 29.9 Å². The number of Topliss-reactive ketones (excluding diaryl/α,β-unsaturated/α-hetero) is 1. The fourth-order valence-corrected chi connectivity index (χ4v) is 3.07. The molecule has 144 valence electrons. The van der Waals surface area contributed by atoms with Crippen molar-refractivity contribution in [3.8, 4) is 0 Å². The van der Waals surface area contributed by atoms with E-state index in [2.05, 4.69) is 12.7 Å². The third kappa shape index (κ3) is 6.98. The van der Waals surface area contributed by atoms with Crippen molar-refractivity contribution in [2.75, 3.05) is 13.7 Å². The van der Waals surface area contributed by atoms with E-state index >= 15 is 0 Å². The second-order valence-electron chi connectivity index (χ2n) is 6.98. The molecular weight excluding hydrogens is 332 g/mol. The smallest absolute Gasteiger partial charge is 0.314 e. The largest absolute Gasteiger partial charge is 0.469 e. The van der Waals surface area contributed by atoms with E-state index in [1.54, 1.807) is 6.92 Å². The lowest BCUT2D eigenvalue weighted by Gasteiger charge is -2.33. The van der Waals surface area contributed by atoms with Gasteiger partial charge in [-0.15, -0.1) is 0 Å². The highest BCUT2D eigenvalue weighted by molar-refractivity contribution is 5.80. The molecule has 0 spiro atoms. The normalized spacial score (nSPS) is 21.1. The van der Waals surface area contributed by atoms with Crippen LogP contribution in [0, 0.1) is 11.8 Å². The average molecular weight is 362 g/mol. The molecule has 5 heteroatoms. The van der Waals surface area contributed by atoms with Gasteiger partial charge in [0, 0.05) is 12.3 Å². The van der Waals surface area contributed by atoms with E-state index in [1.807, 2.05) is 19.9 Å². The molecule has 0 aromatic heterocycles. The average Bonchev–Trinajstić information content (AvgIpc) is 2.56. The zero-order chi connectivity index (χ0) is 19.7. The zero-order valence-electron chi connectivity index (χ0n) is 16.3. The predicted octanol–water partition coefficient (Wildman–Crippen LogP) is 3.94. The van der Waals surface area contributed by atoms with Crippen molar-refractivity contribution in [1.82, 2.24) is 0 Å². The van der Waals surface area contributed by atoms with Crippen LogP contribution in [-0.2, 0) is 23.9 Å². The first kappa shape index (κ1) is 21.9. The molecule has 0 aromatic carbocycles. The number of allylic oxidation sites excluding steroid dienone is 3. The molecule has 2 atom stereocenters. The van der Waals surface area contributed by atoms with E-state index in [-0.39, 0.29) is 36.7 Å². The molecule has 0 bridgehead atoms.